The number of rotatable bonds is 5. The van der Waals surface area contributed by atoms with E-state index in [0.29, 0.717) is 11.0 Å². The van der Waals surface area contributed by atoms with E-state index in [0.717, 1.165) is 11.3 Å². The lowest BCUT2D eigenvalue weighted by Crippen LogP contribution is -2.12. The van der Waals surface area contributed by atoms with Crippen LogP contribution in [0, 0.1) is 6.92 Å². The summed E-state index contributed by atoms with van der Waals surface area (Å²) in [7, 11) is 0. The quantitative estimate of drug-likeness (QED) is 0.497. The smallest absolute Gasteiger partial charge is 0.359 e. The number of para-hydroxylation sites is 3. The molecule has 0 saturated carbocycles. The Morgan fingerprint density at radius 2 is 1.76 bits per heavy atom. The fourth-order valence-corrected chi connectivity index (χ4v) is 2.65. The average Bonchev–Trinajstić information content (AvgIpc) is 2.73. The largest absolute Gasteiger partial charge is 0.453 e. The molecule has 4 aromatic rings. The van der Waals surface area contributed by atoms with E-state index < -0.39 is 5.97 Å². The zero-order valence-electron chi connectivity index (χ0n) is 15.5. The number of nitrogens with zero attached hydrogens (tertiary/aromatic N) is 5. The zero-order valence-corrected chi connectivity index (χ0v) is 15.5. The summed E-state index contributed by atoms with van der Waals surface area (Å²) in [5.41, 5.74) is 9.03. The molecule has 0 fully saturated rings. The third-order valence-corrected chi connectivity index (χ3v) is 4.08. The number of aryl methyl sites for hydroxylation is 1. The summed E-state index contributed by atoms with van der Waals surface area (Å²) in [5, 5.41) is 3.09. The molecule has 0 bridgehead atoms. The van der Waals surface area contributed by atoms with Gasteiger partial charge in [-0.05, 0) is 30.7 Å². The Balaban J connectivity index is 1.48. The summed E-state index contributed by atoms with van der Waals surface area (Å²) >= 11 is 0. The van der Waals surface area contributed by atoms with E-state index in [1.54, 1.807) is 6.07 Å². The van der Waals surface area contributed by atoms with Crippen molar-refractivity contribution in [1.82, 2.24) is 24.9 Å². The van der Waals surface area contributed by atoms with Crippen molar-refractivity contribution in [2.45, 2.75) is 13.5 Å². The van der Waals surface area contributed by atoms with Crippen LogP contribution in [-0.2, 0) is 11.3 Å². The van der Waals surface area contributed by atoms with Crippen molar-refractivity contribution in [3.63, 3.8) is 0 Å². The Kier molecular flexibility index (Phi) is 4.93. The fraction of sp³-hybridized carbons (Fsp3) is 0.100. The molecule has 29 heavy (non-hydrogen) atoms. The van der Waals surface area contributed by atoms with Crippen molar-refractivity contribution in [2.75, 3.05) is 11.1 Å². The highest BCUT2D eigenvalue weighted by atomic mass is 16.5. The number of nitrogens with two attached hydrogens (primary N) is 1. The number of carbonyl (C=O) groups is 1. The second-order valence-electron chi connectivity index (χ2n) is 6.19. The highest BCUT2D eigenvalue weighted by Gasteiger charge is 2.13. The molecule has 0 amide bonds. The van der Waals surface area contributed by atoms with Crippen molar-refractivity contribution in [3.05, 3.63) is 71.8 Å². The van der Waals surface area contributed by atoms with Gasteiger partial charge in [-0.2, -0.15) is 15.0 Å². The number of fused-ring (bicyclic) bond motifs is 1. The number of ether oxygens (including phenoxy) is 1. The molecule has 4 rings (SSSR count). The maximum Gasteiger partial charge on any atom is 0.359 e. The first-order valence-corrected chi connectivity index (χ1v) is 8.80. The van der Waals surface area contributed by atoms with Gasteiger partial charge in [0.05, 0.1) is 17.2 Å². The second kappa shape index (κ2) is 7.85. The minimum Gasteiger partial charge on any atom is -0.453 e. The summed E-state index contributed by atoms with van der Waals surface area (Å²) in [6.07, 6.45) is 1.37. The maximum atomic E-state index is 12.3. The number of esters is 1. The number of anilines is 3. The summed E-state index contributed by atoms with van der Waals surface area (Å²) < 4.78 is 5.27. The molecule has 9 nitrogen and oxygen atoms in total. The Morgan fingerprint density at radius 1 is 1.00 bits per heavy atom. The first-order valence-electron chi connectivity index (χ1n) is 8.80. The van der Waals surface area contributed by atoms with Crippen LogP contribution in [0.5, 0.6) is 0 Å². The third-order valence-electron chi connectivity index (χ3n) is 4.08. The first-order chi connectivity index (χ1) is 14.1. The topological polar surface area (TPSA) is 129 Å². The molecular formula is C20H17N7O2. The van der Waals surface area contributed by atoms with E-state index >= 15 is 0 Å². The molecule has 0 spiro atoms. The van der Waals surface area contributed by atoms with Crippen LogP contribution in [0.1, 0.15) is 21.9 Å². The molecule has 0 radical (unpaired) electrons. The van der Waals surface area contributed by atoms with E-state index in [2.05, 4.69) is 30.2 Å². The van der Waals surface area contributed by atoms with Gasteiger partial charge in [0.25, 0.3) is 0 Å². The SMILES string of the molecule is Cc1ccccc1Nc1nc(N)nc(COC(=O)c2cnc3ccccc3n2)n1. The number of nitrogen functional groups attached to an aromatic ring is 1. The number of benzene rings is 2. The number of carbonyl (C=O) groups excluding carboxylic acids is 1. The van der Waals surface area contributed by atoms with Gasteiger partial charge in [-0.15, -0.1) is 0 Å². The fourth-order valence-electron chi connectivity index (χ4n) is 2.65. The summed E-state index contributed by atoms with van der Waals surface area (Å²) in [5.74, 6) is -0.123. The third kappa shape index (κ3) is 4.24. The van der Waals surface area contributed by atoms with Gasteiger partial charge in [-0.1, -0.05) is 30.3 Å². The van der Waals surface area contributed by atoms with Crippen molar-refractivity contribution < 1.29 is 9.53 Å². The highest BCUT2D eigenvalue weighted by Crippen LogP contribution is 2.18. The first kappa shape index (κ1) is 18.2. The van der Waals surface area contributed by atoms with Crippen LogP contribution in [0.15, 0.2) is 54.7 Å². The van der Waals surface area contributed by atoms with Gasteiger partial charge < -0.3 is 15.8 Å². The molecular weight excluding hydrogens is 370 g/mol. The van der Waals surface area contributed by atoms with Gasteiger partial charge in [-0.3, -0.25) is 4.98 Å². The van der Waals surface area contributed by atoms with E-state index in [1.807, 2.05) is 49.4 Å². The van der Waals surface area contributed by atoms with Crippen molar-refractivity contribution >= 4 is 34.6 Å². The molecule has 3 N–H and O–H groups in total. The standard InChI is InChI=1S/C20H17N7O2/c1-12-6-2-3-7-13(12)24-20-26-17(25-19(21)27-20)11-29-18(28)16-10-22-14-8-4-5-9-15(14)23-16/h2-10H,11H2,1H3,(H3,21,24,25,26,27). The van der Waals surface area contributed by atoms with Crippen molar-refractivity contribution in [2.24, 2.45) is 0 Å². The minimum atomic E-state index is -0.629. The maximum absolute atomic E-state index is 12.3. The van der Waals surface area contributed by atoms with Crippen molar-refractivity contribution in [1.29, 1.82) is 0 Å². The predicted molar refractivity (Wildman–Crippen MR) is 107 cm³/mol. The Labute approximate surface area is 166 Å². The van der Waals surface area contributed by atoms with Gasteiger partial charge in [-0.25, -0.2) is 9.78 Å². The number of aromatic nitrogens is 5. The summed E-state index contributed by atoms with van der Waals surface area (Å²) in [6.45, 7) is 1.78. The molecule has 144 valence electrons. The lowest BCUT2D eigenvalue weighted by atomic mass is 10.2. The van der Waals surface area contributed by atoms with Gasteiger partial charge in [0.2, 0.25) is 11.9 Å². The van der Waals surface area contributed by atoms with Crippen LogP contribution < -0.4 is 11.1 Å². The Bertz CT molecular complexity index is 1200. The number of hydrogen-bond acceptors (Lipinski definition) is 9. The molecule has 0 aliphatic carbocycles. The Hall–Kier alpha value is -4.14. The molecule has 2 aromatic heterocycles. The molecule has 0 atom stereocenters. The van der Waals surface area contributed by atoms with Crippen LogP contribution in [0.2, 0.25) is 0 Å². The average molecular weight is 387 g/mol. The Morgan fingerprint density at radius 3 is 2.59 bits per heavy atom. The van der Waals surface area contributed by atoms with Gasteiger partial charge in [0.15, 0.2) is 18.1 Å². The van der Waals surface area contributed by atoms with E-state index in [-0.39, 0.29) is 30.0 Å². The van der Waals surface area contributed by atoms with E-state index in [9.17, 15) is 4.79 Å². The second-order valence-corrected chi connectivity index (χ2v) is 6.19. The minimum absolute atomic E-state index is 0.0210. The van der Waals surface area contributed by atoms with Crippen LogP contribution in [0.25, 0.3) is 11.0 Å². The van der Waals surface area contributed by atoms with Gasteiger partial charge >= 0.3 is 5.97 Å². The van der Waals surface area contributed by atoms with Gasteiger partial charge in [0, 0.05) is 5.69 Å². The molecule has 2 heterocycles. The van der Waals surface area contributed by atoms with Crippen LogP contribution in [0.3, 0.4) is 0 Å². The predicted octanol–water partition coefficient (Wildman–Crippen LogP) is 2.81. The molecule has 0 aliphatic heterocycles. The molecule has 0 aliphatic rings. The molecule has 9 heteroatoms. The van der Waals surface area contributed by atoms with Crippen LogP contribution >= 0.6 is 0 Å². The lowest BCUT2D eigenvalue weighted by molar-refractivity contribution is 0.0455. The highest BCUT2D eigenvalue weighted by molar-refractivity contribution is 5.89. The zero-order chi connectivity index (χ0) is 20.2. The molecule has 2 aromatic carbocycles. The van der Waals surface area contributed by atoms with Crippen LogP contribution in [-0.4, -0.2) is 30.9 Å². The van der Waals surface area contributed by atoms with Crippen molar-refractivity contribution in [3.8, 4) is 0 Å². The summed E-state index contributed by atoms with van der Waals surface area (Å²) in [4.78, 5) is 33.1. The monoisotopic (exact) mass is 387 g/mol. The molecule has 0 unspecified atom stereocenters. The van der Waals surface area contributed by atoms with Crippen LogP contribution in [0.4, 0.5) is 17.6 Å². The number of nitrogens with one attached hydrogen (secondary N) is 1. The summed E-state index contributed by atoms with van der Waals surface area (Å²) in [6, 6.07) is 14.9. The number of hydrogen-bond donors (Lipinski definition) is 2. The normalized spacial score (nSPS) is 10.7. The van der Waals surface area contributed by atoms with E-state index in [4.69, 9.17) is 10.5 Å². The lowest BCUT2D eigenvalue weighted by Gasteiger charge is -2.09. The molecule has 0 saturated heterocycles. The van der Waals surface area contributed by atoms with E-state index in [1.165, 1.54) is 6.20 Å². The van der Waals surface area contributed by atoms with Gasteiger partial charge in [0.1, 0.15) is 0 Å².